The Morgan fingerprint density at radius 1 is 1.46 bits per heavy atom. The molecule has 0 bridgehead atoms. The molecule has 126 valence electrons. The summed E-state index contributed by atoms with van der Waals surface area (Å²) >= 11 is 3.05. The molecule has 1 amide bonds. The van der Waals surface area contributed by atoms with Gasteiger partial charge >= 0.3 is 5.97 Å². The minimum absolute atomic E-state index is 0.00175. The van der Waals surface area contributed by atoms with Gasteiger partial charge in [-0.15, -0.1) is 11.8 Å². The number of esters is 1. The van der Waals surface area contributed by atoms with Crippen molar-refractivity contribution in [3.05, 3.63) is 49.9 Å². The second-order valence-corrected chi connectivity index (χ2v) is 7.83. The first-order chi connectivity index (χ1) is 11.5. The summed E-state index contributed by atoms with van der Waals surface area (Å²) in [5.74, 6) is 0.199. The van der Waals surface area contributed by atoms with Crippen LogP contribution >= 0.6 is 23.5 Å². The number of hydrogen-bond acceptors (Lipinski definition) is 7. The molecule has 1 atom stereocenters. The van der Waals surface area contributed by atoms with E-state index >= 15 is 0 Å². The number of carbonyl (C=O) groups excluding carboxylic acids is 2. The van der Waals surface area contributed by atoms with E-state index in [0.717, 1.165) is 9.99 Å². The maximum Gasteiger partial charge on any atom is 0.357 e. The van der Waals surface area contributed by atoms with Crippen molar-refractivity contribution < 1.29 is 19.2 Å². The lowest BCUT2D eigenvalue weighted by atomic mass is 10.2. The molecule has 9 heteroatoms. The fraction of sp³-hybridized carbons (Fsp3) is 0.333. The summed E-state index contributed by atoms with van der Waals surface area (Å²) in [6, 6.07) is 5.81. The monoisotopic (exact) mass is 366 g/mol. The predicted molar refractivity (Wildman–Crippen MR) is 90.9 cm³/mol. The minimum Gasteiger partial charge on any atom is -0.456 e. The van der Waals surface area contributed by atoms with Crippen LogP contribution < -0.4 is 0 Å². The second kappa shape index (κ2) is 6.86. The Balaban J connectivity index is 1.68. The molecular weight excluding hydrogens is 352 g/mol. The third-order valence-electron chi connectivity index (χ3n) is 3.57. The van der Waals surface area contributed by atoms with Crippen LogP contribution in [0.15, 0.2) is 34.2 Å². The second-order valence-electron chi connectivity index (χ2n) is 5.11. The number of benzene rings is 1. The zero-order valence-corrected chi connectivity index (χ0v) is 14.4. The molecule has 24 heavy (non-hydrogen) atoms. The fourth-order valence-corrected chi connectivity index (χ4v) is 5.01. The molecule has 0 aliphatic carbocycles. The first-order valence-corrected chi connectivity index (χ1v) is 9.14. The van der Waals surface area contributed by atoms with E-state index in [-0.39, 0.29) is 23.6 Å². The Hall–Kier alpha value is -2.00. The van der Waals surface area contributed by atoms with Crippen molar-refractivity contribution in [1.82, 2.24) is 4.90 Å². The van der Waals surface area contributed by atoms with Crippen molar-refractivity contribution >= 4 is 41.1 Å². The Labute approximate surface area is 146 Å². The fourth-order valence-electron chi connectivity index (χ4n) is 2.37. The van der Waals surface area contributed by atoms with Crippen LogP contribution in [0.3, 0.4) is 0 Å². The van der Waals surface area contributed by atoms with Gasteiger partial charge in [0.25, 0.3) is 5.69 Å². The van der Waals surface area contributed by atoms with Gasteiger partial charge in [-0.3, -0.25) is 19.8 Å². The molecule has 1 fully saturated rings. The largest absolute Gasteiger partial charge is 0.456 e. The predicted octanol–water partition coefficient (Wildman–Crippen LogP) is 2.87. The van der Waals surface area contributed by atoms with Gasteiger partial charge in [-0.25, -0.2) is 4.79 Å². The summed E-state index contributed by atoms with van der Waals surface area (Å²) in [5.41, 5.74) is 0.960. The number of nitro groups is 1. The average molecular weight is 366 g/mol. The topological polar surface area (TPSA) is 89.8 Å². The van der Waals surface area contributed by atoms with E-state index in [2.05, 4.69) is 0 Å². The number of nitro benzene ring substituents is 1. The standard InChI is InChI=1S/C15H14N2O5S2/c1-2-23-15-13(16-11(18)7-12(16)24-15)14(19)22-8-9-3-5-10(6-4-9)17(20)21/h3-6,12H,2,7-8H2,1H3/t12-/m1/s1. The Morgan fingerprint density at radius 3 is 2.75 bits per heavy atom. The molecule has 0 saturated carbocycles. The van der Waals surface area contributed by atoms with Crippen LogP contribution in [0.25, 0.3) is 0 Å². The van der Waals surface area contributed by atoms with Crippen LogP contribution in [0.2, 0.25) is 0 Å². The Morgan fingerprint density at radius 2 is 2.17 bits per heavy atom. The molecule has 1 aromatic carbocycles. The normalized spacial score (nSPS) is 19.1. The number of fused-ring (bicyclic) bond motifs is 1. The highest BCUT2D eigenvalue weighted by atomic mass is 32.2. The van der Waals surface area contributed by atoms with E-state index in [1.165, 1.54) is 40.6 Å². The highest BCUT2D eigenvalue weighted by Crippen LogP contribution is 2.50. The highest BCUT2D eigenvalue weighted by Gasteiger charge is 2.48. The summed E-state index contributed by atoms with van der Waals surface area (Å²) in [4.78, 5) is 35.8. The van der Waals surface area contributed by atoms with E-state index in [9.17, 15) is 19.7 Å². The van der Waals surface area contributed by atoms with Crippen LogP contribution in [0.4, 0.5) is 5.69 Å². The maximum absolute atomic E-state index is 12.4. The molecule has 0 unspecified atom stereocenters. The molecule has 0 radical (unpaired) electrons. The first-order valence-electron chi connectivity index (χ1n) is 7.27. The SMILES string of the molecule is CCSC1=C(C(=O)OCc2ccc([N+](=O)[O-])cc2)N2C(=O)C[C@H]2S1. The summed E-state index contributed by atoms with van der Waals surface area (Å²) in [6.45, 7) is 1.98. The Bertz CT molecular complexity index is 732. The number of nitrogens with zero attached hydrogens (tertiary/aromatic N) is 2. The number of non-ortho nitro benzene ring substituents is 1. The van der Waals surface area contributed by atoms with Gasteiger partial charge in [-0.05, 0) is 23.4 Å². The number of amides is 1. The molecule has 1 saturated heterocycles. The van der Waals surface area contributed by atoms with E-state index in [4.69, 9.17) is 4.74 Å². The number of hydrogen-bond donors (Lipinski definition) is 0. The van der Waals surface area contributed by atoms with Crippen LogP contribution in [0, 0.1) is 10.1 Å². The van der Waals surface area contributed by atoms with E-state index in [1.54, 1.807) is 12.1 Å². The van der Waals surface area contributed by atoms with Crippen molar-refractivity contribution in [1.29, 1.82) is 0 Å². The molecule has 0 spiro atoms. The molecule has 7 nitrogen and oxygen atoms in total. The molecule has 2 heterocycles. The van der Waals surface area contributed by atoms with Crippen molar-refractivity contribution in [2.75, 3.05) is 5.75 Å². The summed E-state index contributed by atoms with van der Waals surface area (Å²) in [7, 11) is 0. The van der Waals surface area contributed by atoms with Crippen molar-refractivity contribution in [2.24, 2.45) is 0 Å². The van der Waals surface area contributed by atoms with Gasteiger partial charge in [-0.2, -0.15) is 0 Å². The van der Waals surface area contributed by atoms with Crippen LogP contribution in [0.1, 0.15) is 18.9 Å². The zero-order chi connectivity index (χ0) is 17.3. The number of rotatable bonds is 6. The van der Waals surface area contributed by atoms with Crippen molar-refractivity contribution in [3.63, 3.8) is 0 Å². The molecule has 3 rings (SSSR count). The lowest BCUT2D eigenvalue weighted by molar-refractivity contribution is -0.384. The maximum atomic E-state index is 12.4. The van der Waals surface area contributed by atoms with Gasteiger partial charge in [0.1, 0.15) is 6.61 Å². The number of ether oxygens (including phenoxy) is 1. The third-order valence-corrected chi connectivity index (χ3v) is 6.01. The van der Waals surface area contributed by atoms with Crippen LogP contribution in [-0.2, 0) is 20.9 Å². The van der Waals surface area contributed by atoms with Crippen molar-refractivity contribution in [3.8, 4) is 0 Å². The highest BCUT2D eigenvalue weighted by molar-refractivity contribution is 8.22. The van der Waals surface area contributed by atoms with E-state index < -0.39 is 10.9 Å². The van der Waals surface area contributed by atoms with Gasteiger partial charge in [0.15, 0.2) is 5.70 Å². The van der Waals surface area contributed by atoms with Gasteiger partial charge < -0.3 is 4.74 Å². The first kappa shape index (κ1) is 16.8. The zero-order valence-electron chi connectivity index (χ0n) is 12.8. The van der Waals surface area contributed by atoms with E-state index in [1.807, 2.05) is 6.92 Å². The average Bonchev–Trinajstić information content (AvgIpc) is 2.85. The molecule has 1 aromatic rings. The lowest BCUT2D eigenvalue weighted by Gasteiger charge is -2.34. The number of carbonyl (C=O) groups is 2. The summed E-state index contributed by atoms with van der Waals surface area (Å²) in [6.07, 6.45) is 0.442. The van der Waals surface area contributed by atoms with Crippen molar-refractivity contribution in [2.45, 2.75) is 25.3 Å². The number of thioether (sulfide) groups is 2. The molecule has 0 aromatic heterocycles. The third kappa shape index (κ3) is 3.13. The van der Waals surface area contributed by atoms with E-state index in [0.29, 0.717) is 17.7 Å². The minimum atomic E-state index is -0.535. The molecule has 2 aliphatic rings. The molecule has 0 N–H and O–H groups in total. The van der Waals surface area contributed by atoms with Gasteiger partial charge in [0, 0.05) is 12.1 Å². The van der Waals surface area contributed by atoms with Gasteiger partial charge in [0.2, 0.25) is 5.91 Å². The smallest absolute Gasteiger partial charge is 0.357 e. The van der Waals surface area contributed by atoms with Crippen LogP contribution in [-0.4, -0.2) is 32.8 Å². The lowest BCUT2D eigenvalue weighted by Crippen LogP contribution is -2.48. The molecular formula is C15H14N2O5S2. The molecule has 2 aliphatic heterocycles. The number of β-lactam (4-membered cyclic amide) rings is 1. The summed E-state index contributed by atoms with van der Waals surface area (Å²) in [5, 5.41) is 10.6. The van der Waals surface area contributed by atoms with Gasteiger partial charge in [0.05, 0.1) is 21.0 Å². The summed E-state index contributed by atoms with van der Waals surface area (Å²) < 4.78 is 6.12. The van der Waals surface area contributed by atoms with Gasteiger partial charge in [-0.1, -0.05) is 18.7 Å². The quantitative estimate of drug-likeness (QED) is 0.331. The van der Waals surface area contributed by atoms with Crippen LogP contribution in [0.5, 0.6) is 0 Å². The Kier molecular flexibility index (Phi) is 4.81.